The highest BCUT2D eigenvalue weighted by Gasteiger charge is 2.12. The van der Waals surface area contributed by atoms with Crippen molar-refractivity contribution in [3.63, 3.8) is 0 Å². The molecule has 6 heteroatoms. The van der Waals surface area contributed by atoms with Gasteiger partial charge in [-0.05, 0) is 30.3 Å². The number of hydrogen-bond acceptors (Lipinski definition) is 3. The number of halogens is 1. The second kappa shape index (κ2) is 4.53. The summed E-state index contributed by atoms with van der Waals surface area (Å²) in [4.78, 5) is 21.0. The molecule has 4 rings (SSSR count). The number of nitrogens with zero attached hydrogens (tertiary/aromatic N) is 3. The number of nitrogens with one attached hydrogen (secondary N) is 1. The first-order valence-corrected chi connectivity index (χ1v) is 7.14. The first-order chi connectivity index (χ1) is 10.2. The van der Waals surface area contributed by atoms with Gasteiger partial charge in [-0.15, -0.1) is 0 Å². The molecular weight excluding hydrogens is 332 g/mol. The van der Waals surface area contributed by atoms with Crippen LogP contribution in [0.5, 0.6) is 0 Å². The minimum absolute atomic E-state index is 0.152. The van der Waals surface area contributed by atoms with Crippen molar-refractivity contribution in [3.8, 4) is 5.82 Å². The fourth-order valence-corrected chi connectivity index (χ4v) is 2.73. The van der Waals surface area contributed by atoms with Crippen LogP contribution >= 0.6 is 15.9 Å². The Hall–Kier alpha value is -2.47. The predicted octanol–water partition coefficient (Wildman–Crippen LogP) is 3.02. The SMILES string of the molecule is O=c1c2cnc3cc(Br)ccc3c2[nH]n1-c1ccccn1. The Bertz CT molecular complexity index is 1020. The Morgan fingerprint density at radius 2 is 2.00 bits per heavy atom. The van der Waals surface area contributed by atoms with Gasteiger partial charge in [0.1, 0.15) is 0 Å². The summed E-state index contributed by atoms with van der Waals surface area (Å²) >= 11 is 3.43. The van der Waals surface area contributed by atoms with Crippen molar-refractivity contribution in [3.05, 3.63) is 63.6 Å². The van der Waals surface area contributed by atoms with Gasteiger partial charge in [0.25, 0.3) is 5.56 Å². The normalized spacial score (nSPS) is 11.3. The fraction of sp³-hybridized carbons (Fsp3) is 0. The monoisotopic (exact) mass is 340 g/mol. The molecule has 0 aliphatic rings. The summed E-state index contributed by atoms with van der Waals surface area (Å²) in [5.41, 5.74) is 1.44. The van der Waals surface area contributed by atoms with Crippen molar-refractivity contribution in [1.29, 1.82) is 0 Å². The zero-order valence-corrected chi connectivity index (χ0v) is 12.3. The highest BCUT2D eigenvalue weighted by Crippen LogP contribution is 2.23. The van der Waals surface area contributed by atoms with Crippen LogP contribution in [0.4, 0.5) is 0 Å². The molecule has 4 aromatic rings. The molecule has 21 heavy (non-hydrogen) atoms. The van der Waals surface area contributed by atoms with Crippen molar-refractivity contribution in [1.82, 2.24) is 19.7 Å². The molecule has 0 aliphatic heterocycles. The average Bonchev–Trinajstić information content (AvgIpc) is 2.85. The third-order valence-corrected chi connectivity index (χ3v) is 3.86. The summed E-state index contributed by atoms with van der Waals surface area (Å²) in [6, 6.07) is 11.2. The van der Waals surface area contributed by atoms with Crippen LogP contribution in [0.15, 0.2) is 58.1 Å². The van der Waals surface area contributed by atoms with Gasteiger partial charge in [-0.1, -0.05) is 22.0 Å². The van der Waals surface area contributed by atoms with Gasteiger partial charge >= 0.3 is 0 Å². The molecular formula is C15H9BrN4O. The topological polar surface area (TPSA) is 63.6 Å². The smallest absolute Gasteiger partial charge is 0.282 e. The van der Waals surface area contributed by atoms with E-state index in [2.05, 4.69) is 31.0 Å². The molecule has 1 aromatic carbocycles. The van der Waals surface area contributed by atoms with E-state index in [0.717, 1.165) is 20.9 Å². The molecule has 0 saturated carbocycles. The van der Waals surface area contributed by atoms with E-state index in [-0.39, 0.29) is 5.56 Å². The summed E-state index contributed by atoms with van der Waals surface area (Å²) in [7, 11) is 0. The summed E-state index contributed by atoms with van der Waals surface area (Å²) in [6.07, 6.45) is 3.25. The van der Waals surface area contributed by atoms with Crippen LogP contribution < -0.4 is 5.56 Å². The second-order valence-electron chi connectivity index (χ2n) is 4.65. The van der Waals surface area contributed by atoms with Crippen LogP contribution in [0.2, 0.25) is 0 Å². The van der Waals surface area contributed by atoms with Crippen molar-refractivity contribution in [2.24, 2.45) is 0 Å². The summed E-state index contributed by atoms with van der Waals surface area (Å²) in [6.45, 7) is 0. The number of fused-ring (bicyclic) bond motifs is 3. The first kappa shape index (κ1) is 12.3. The molecule has 0 aliphatic carbocycles. The van der Waals surface area contributed by atoms with Crippen molar-refractivity contribution in [2.75, 3.05) is 0 Å². The fourth-order valence-electron chi connectivity index (χ4n) is 2.38. The maximum absolute atomic E-state index is 12.5. The Kier molecular flexibility index (Phi) is 2.65. The lowest BCUT2D eigenvalue weighted by Gasteiger charge is -1.99. The molecule has 102 valence electrons. The summed E-state index contributed by atoms with van der Waals surface area (Å²) < 4.78 is 2.39. The van der Waals surface area contributed by atoms with E-state index in [9.17, 15) is 4.79 Å². The number of pyridine rings is 2. The zero-order valence-electron chi connectivity index (χ0n) is 10.7. The molecule has 0 saturated heterocycles. The lowest BCUT2D eigenvalue weighted by Crippen LogP contribution is -2.15. The molecule has 0 unspecified atom stereocenters. The molecule has 0 atom stereocenters. The number of rotatable bonds is 1. The van der Waals surface area contributed by atoms with Gasteiger partial charge in [0.05, 0.1) is 16.4 Å². The Morgan fingerprint density at radius 1 is 1.10 bits per heavy atom. The summed E-state index contributed by atoms with van der Waals surface area (Å²) in [5.74, 6) is 0.559. The van der Waals surface area contributed by atoms with E-state index < -0.39 is 0 Å². The molecule has 3 heterocycles. The maximum Gasteiger partial charge on any atom is 0.282 e. The maximum atomic E-state index is 12.5. The molecule has 0 bridgehead atoms. The van der Waals surface area contributed by atoms with Gasteiger partial charge in [0, 0.05) is 22.3 Å². The van der Waals surface area contributed by atoms with Gasteiger partial charge < -0.3 is 0 Å². The lowest BCUT2D eigenvalue weighted by molar-refractivity contribution is 0.832. The van der Waals surface area contributed by atoms with Crippen LogP contribution in [0.25, 0.3) is 27.6 Å². The predicted molar refractivity (Wildman–Crippen MR) is 84.7 cm³/mol. The minimum atomic E-state index is -0.152. The molecule has 0 spiro atoms. The third-order valence-electron chi connectivity index (χ3n) is 3.37. The van der Waals surface area contributed by atoms with E-state index in [1.807, 2.05) is 30.3 Å². The molecule has 3 aromatic heterocycles. The summed E-state index contributed by atoms with van der Waals surface area (Å²) in [5, 5.41) is 4.59. The first-order valence-electron chi connectivity index (χ1n) is 6.34. The molecule has 0 fully saturated rings. The number of aromatic nitrogens is 4. The number of H-pyrrole nitrogens is 1. The largest absolute Gasteiger partial charge is 0.288 e. The van der Waals surface area contributed by atoms with Gasteiger partial charge in [-0.25, -0.2) is 9.67 Å². The van der Waals surface area contributed by atoms with Crippen molar-refractivity contribution in [2.45, 2.75) is 0 Å². The van der Waals surface area contributed by atoms with Crippen LogP contribution in [0.1, 0.15) is 0 Å². The second-order valence-corrected chi connectivity index (χ2v) is 5.56. The van der Waals surface area contributed by atoms with Crippen molar-refractivity contribution < 1.29 is 0 Å². The van der Waals surface area contributed by atoms with Crippen LogP contribution in [-0.4, -0.2) is 19.7 Å². The quantitative estimate of drug-likeness (QED) is 0.579. The van der Waals surface area contributed by atoms with Gasteiger partial charge in [-0.3, -0.25) is 14.9 Å². The number of benzene rings is 1. The van der Waals surface area contributed by atoms with E-state index in [1.165, 1.54) is 4.68 Å². The molecule has 0 amide bonds. The highest BCUT2D eigenvalue weighted by atomic mass is 79.9. The Morgan fingerprint density at radius 3 is 2.81 bits per heavy atom. The van der Waals surface area contributed by atoms with Crippen LogP contribution in [0, 0.1) is 0 Å². The van der Waals surface area contributed by atoms with E-state index >= 15 is 0 Å². The lowest BCUT2D eigenvalue weighted by atomic mass is 10.2. The average molecular weight is 341 g/mol. The highest BCUT2D eigenvalue weighted by molar-refractivity contribution is 9.10. The Balaban J connectivity index is 2.11. The van der Waals surface area contributed by atoms with Crippen LogP contribution in [-0.2, 0) is 0 Å². The van der Waals surface area contributed by atoms with E-state index in [4.69, 9.17) is 0 Å². The number of aromatic amines is 1. The third kappa shape index (κ3) is 1.87. The van der Waals surface area contributed by atoms with Gasteiger partial charge in [0.15, 0.2) is 5.82 Å². The van der Waals surface area contributed by atoms with E-state index in [0.29, 0.717) is 11.2 Å². The van der Waals surface area contributed by atoms with Gasteiger partial charge in [0.2, 0.25) is 0 Å². The molecule has 1 N–H and O–H groups in total. The number of hydrogen-bond donors (Lipinski definition) is 1. The Labute approximate surface area is 127 Å². The zero-order chi connectivity index (χ0) is 14.4. The minimum Gasteiger partial charge on any atom is -0.288 e. The standard InChI is InChI=1S/C15H9BrN4O/c16-9-4-5-10-12(7-9)18-8-11-14(10)19-20(15(11)21)13-3-1-2-6-17-13/h1-8,19H. The van der Waals surface area contributed by atoms with Gasteiger partial charge in [-0.2, -0.15) is 0 Å². The molecule has 5 nitrogen and oxygen atoms in total. The van der Waals surface area contributed by atoms with E-state index in [1.54, 1.807) is 18.5 Å². The van der Waals surface area contributed by atoms with Crippen LogP contribution in [0.3, 0.4) is 0 Å². The molecule has 0 radical (unpaired) electrons. The van der Waals surface area contributed by atoms with Crippen molar-refractivity contribution >= 4 is 37.7 Å².